The molecule has 0 N–H and O–H groups in total. The first-order valence-corrected chi connectivity index (χ1v) is 5.84. The third-order valence-corrected chi connectivity index (χ3v) is 3.08. The van der Waals surface area contributed by atoms with Crippen LogP contribution in [0.15, 0.2) is 66.7 Å². The lowest BCUT2D eigenvalue weighted by Crippen LogP contribution is -1.79. The molecule has 0 heterocycles. The molecule has 84 valence electrons. The first-order valence-electron chi connectivity index (χ1n) is 5.84. The Balaban J connectivity index is 2.23. The maximum atomic E-state index is 7.22. The van der Waals surface area contributed by atoms with Crippen molar-refractivity contribution in [1.82, 2.24) is 0 Å². The first-order chi connectivity index (χ1) is 8.88. The van der Waals surface area contributed by atoms with Gasteiger partial charge in [0.15, 0.2) is 5.69 Å². The third kappa shape index (κ3) is 1.74. The average Bonchev–Trinajstić information content (AvgIpc) is 2.46. The van der Waals surface area contributed by atoms with E-state index in [1.807, 2.05) is 36.4 Å². The molecular formula is C17H11N. The van der Waals surface area contributed by atoms with E-state index in [2.05, 4.69) is 35.2 Å². The SMILES string of the molecule is [C-]#[N+]c1ccccc1-c1ccc2ccccc2c1. The number of hydrogen-bond donors (Lipinski definition) is 0. The molecule has 3 rings (SSSR count). The molecule has 0 unspecified atom stereocenters. The first kappa shape index (κ1) is 10.6. The van der Waals surface area contributed by atoms with E-state index in [-0.39, 0.29) is 0 Å². The van der Waals surface area contributed by atoms with Gasteiger partial charge in [-0.1, -0.05) is 60.7 Å². The Bertz CT molecular complexity index is 751. The lowest BCUT2D eigenvalue weighted by atomic mass is 10.00. The van der Waals surface area contributed by atoms with E-state index in [1.165, 1.54) is 10.8 Å². The number of benzene rings is 3. The molecule has 0 aromatic heterocycles. The average molecular weight is 229 g/mol. The van der Waals surface area contributed by atoms with E-state index in [0.717, 1.165) is 11.1 Å². The van der Waals surface area contributed by atoms with Crippen LogP contribution < -0.4 is 0 Å². The number of rotatable bonds is 1. The molecule has 3 aromatic rings. The van der Waals surface area contributed by atoms with Gasteiger partial charge >= 0.3 is 0 Å². The summed E-state index contributed by atoms with van der Waals surface area (Å²) in [5, 5.41) is 2.43. The Kier molecular flexibility index (Phi) is 2.55. The summed E-state index contributed by atoms with van der Waals surface area (Å²) in [6.07, 6.45) is 0. The highest BCUT2D eigenvalue weighted by Crippen LogP contribution is 2.31. The third-order valence-electron chi connectivity index (χ3n) is 3.08. The van der Waals surface area contributed by atoms with E-state index >= 15 is 0 Å². The molecule has 0 aliphatic carbocycles. The summed E-state index contributed by atoms with van der Waals surface area (Å²) in [6.45, 7) is 7.22. The molecule has 1 heteroatoms. The van der Waals surface area contributed by atoms with E-state index in [4.69, 9.17) is 6.57 Å². The van der Waals surface area contributed by atoms with Crippen molar-refractivity contribution in [2.24, 2.45) is 0 Å². The van der Waals surface area contributed by atoms with E-state index < -0.39 is 0 Å². The van der Waals surface area contributed by atoms with Crippen LogP contribution >= 0.6 is 0 Å². The van der Waals surface area contributed by atoms with Gasteiger partial charge in [0, 0.05) is 0 Å². The van der Waals surface area contributed by atoms with Gasteiger partial charge in [0.1, 0.15) is 0 Å². The van der Waals surface area contributed by atoms with Crippen molar-refractivity contribution in [2.45, 2.75) is 0 Å². The molecule has 1 nitrogen and oxygen atoms in total. The number of para-hydroxylation sites is 1. The van der Waals surface area contributed by atoms with E-state index in [1.54, 1.807) is 0 Å². The van der Waals surface area contributed by atoms with Gasteiger partial charge in [-0.2, -0.15) is 0 Å². The van der Waals surface area contributed by atoms with Crippen molar-refractivity contribution >= 4 is 16.5 Å². The highest BCUT2D eigenvalue weighted by atomic mass is 14.6. The van der Waals surface area contributed by atoms with Crippen LogP contribution in [0.2, 0.25) is 0 Å². The lowest BCUT2D eigenvalue weighted by molar-refractivity contribution is 1.65. The minimum absolute atomic E-state index is 0.702. The zero-order valence-corrected chi connectivity index (χ0v) is 9.80. The molecule has 0 saturated heterocycles. The molecule has 0 aliphatic heterocycles. The molecule has 0 amide bonds. The van der Waals surface area contributed by atoms with Crippen molar-refractivity contribution in [1.29, 1.82) is 0 Å². The smallest absolute Gasteiger partial charge is 0.194 e. The lowest BCUT2D eigenvalue weighted by Gasteiger charge is -2.06. The second-order valence-corrected chi connectivity index (χ2v) is 4.19. The normalized spacial score (nSPS) is 10.2. The van der Waals surface area contributed by atoms with Crippen LogP contribution in [0, 0.1) is 6.57 Å². The van der Waals surface area contributed by atoms with E-state index in [9.17, 15) is 0 Å². The molecule has 18 heavy (non-hydrogen) atoms. The number of fused-ring (bicyclic) bond motifs is 1. The Morgan fingerprint density at radius 1 is 0.722 bits per heavy atom. The topological polar surface area (TPSA) is 4.36 Å². The van der Waals surface area contributed by atoms with Crippen molar-refractivity contribution in [3.63, 3.8) is 0 Å². The van der Waals surface area contributed by atoms with E-state index in [0.29, 0.717) is 5.69 Å². The monoisotopic (exact) mass is 229 g/mol. The van der Waals surface area contributed by atoms with Gasteiger partial charge in [0.25, 0.3) is 0 Å². The zero-order valence-electron chi connectivity index (χ0n) is 9.80. The maximum absolute atomic E-state index is 7.22. The molecular weight excluding hydrogens is 218 g/mol. The maximum Gasteiger partial charge on any atom is 0.194 e. The standard InChI is InChI=1S/C17H11N/c1-18-17-9-5-4-8-16(17)15-11-10-13-6-2-3-7-14(13)12-15/h2-12H. The van der Waals surface area contributed by atoms with Crippen LogP contribution in [0.3, 0.4) is 0 Å². The summed E-state index contributed by atoms with van der Waals surface area (Å²) in [5.74, 6) is 0. The number of nitrogens with zero attached hydrogens (tertiary/aromatic N) is 1. The number of hydrogen-bond acceptors (Lipinski definition) is 0. The van der Waals surface area contributed by atoms with Crippen LogP contribution in [0.1, 0.15) is 0 Å². The fraction of sp³-hybridized carbons (Fsp3) is 0. The quantitative estimate of drug-likeness (QED) is 0.514. The minimum Gasteiger partial charge on any atom is -0.238 e. The van der Waals surface area contributed by atoms with Crippen LogP contribution in [0.25, 0.3) is 26.7 Å². The molecule has 3 aromatic carbocycles. The molecule has 0 fully saturated rings. The van der Waals surface area contributed by atoms with Gasteiger partial charge in [-0.05, 0) is 28.0 Å². The predicted molar refractivity (Wildman–Crippen MR) is 75.6 cm³/mol. The summed E-state index contributed by atoms with van der Waals surface area (Å²) in [4.78, 5) is 3.58. The molecule has 0 atom stereocenters. The van der Waals surface area contributed by atoms with Gasteiger partial charge in [0.05, 0.1) is 6.57 Å². The molecule has 0 bridgehead atoms. The predicted octanol–water partition coefficient (Wildman–Crippen LogP) is 5.06. The minimum atomic E-state index is 0.702. The van der Waals surface area contributed by atoms with Crippen LogP contribution in [0.4, 0.5) is 5.69 Å². The summed E-state index contributed by atoms with van der Waals surface area (Å²) < 4.78 is 0. The van der Waals surface area contributed by atoms with Gasteiger partial charge < -0.3 is 0 Å². The van der Waals surface area contributed by atoms with Crippen molar-refractivity contribution in [2.75, 3.05) is 0 Å². The fourth-order valence-electron chi connectivity index (χ4n) is 2.17. The van der Waals surface area contributed by atoms with Crippen LogP contribution in [0.5, 0.6) is 0 Å². The molecule has 0 radical (unpaired) electrons. The second-order valence-electron chi connectivity index (χ2n) is 4.19. The van der Waals surface area contributed by atoms with Crippen molar-refractivity contribution in [3.05, 3.63) is 78.1 Å². The van der Waals surface area contributed by atoms with Crippen molar-refractivity contribution in [3.8, 4) is 11.1 Å². The van der Waals surface area contributed by atoms with Crippen LogP contribution in [-0.2, 0) is 0 Å². The second kappa shape index (κ2) is 4.35. The van der Waals surface area contributed by atoms with Crippen molar-refractivity contribution < 1.29 is 0 Å². The summed E-state index contributed by atoms with van der Waals surface area (Å²) in [7, 11) is 0. The zero-order chi connectivity index (χ0) is 12.4. The Hall–Kier alpha value is -2.59. The van der Waals surface area contributed by atoms with Gasteiger partial charge in [0.2, 0.25) is 0 Å². The van der Waals surface area contributed by atoms with Gasteiger partial charge in [-0.3, -0.25) is 0 Å². The molecule has 0 aliphatic rings. The van der Waals surface area contributed by atoms with Crippen LogP contribution in [-0.4, -0.2) is 0 Å². The fourth-order valence-corrected chi connectivity index (χ4v) is 2.17. The molecule has 0 spiro atoms. The summed E-state index contributed by atoms with van der Waals surface area (Å²) in [6, 6.07) is 22.3. The Morgan fingerprint density at radius 2 is 1.44 bits per heavy atom. The largest absolute Gasteiger partial charge is 0.238 e. The highest BCUT2D eigenvalue weighted by molar-refractivity contribution is 5.89. The van der Waals surface area contributed by atoms with Gasteiger partial charge in [-0.15, -0.1) is 0 Å². The molecule has 0 saturated carbocycles. The Morgan fingerprint density at radius 3 is 2.28 bits per heavy atom. The summed E-state index contributed by atoms with van der Waals surface area (Å²) >= 11 is 0. The highest BCUT2D eigenvalue weighted by Gasteiger charge is 2.04. The summed E-state index contributed by atoms with van der Waals surface area (Å²) in [5.41, 5.74) is 2.80. The Labute approximate surface area is 106 Å². The van der Waals surface area contributed by atoms with Gasteiger partial charge in [-0.25, -0.2) is 4.85 Å².